The molecule has 23 heavy (non-hydrogen) atoms. The first-order valence-electron chi connectivity index (χ1n) is 8.17. The van der Waals surface area contributed by atoms with Crippen LogP contribution in [0.4, 0.5) is 0 Å². The van der Waals surface area contributed by atoms with E-state index in [1.54, 1.807) is 0 Å². The van der Waals surface area contributed by atoms with Crippen LogP contribution in [0.3, 0.4) is 0 Å². The monoisotopic (exact) mass is 333 g/mol. The number of benzene rings is 1. The van der Waals surface area contributed by atoms with Crippen molar-refractivity contribution < 1.29 is 5.11 Å². The van der Waals surface area contributed by atoms with Crippen molar-refractivity contribution in [1.82, 2.24) is 15.1 Å². The van der Waals surface area contributed by atoms with Crippen LogP contribution in [0.25, 0.3) is 0 Å². The minimum absolute atomic E-state index is 0.516. The Morgan fingerprint density at radius 1 is 1.26 bits per heavy atom. The Morgan fingerprint density at radius 3 is 2.57 bits per heavy atom. The molecule has 124 valence electrons. The third-order valence-corrected chi connectivity index (χ3v) is 5.10. The van der Waals surface area contributed by atoms with Crippen LogP contribution in [-0.2, 0) is 13.1 Å². The van der Waals surface area contributed by atoms with E-state index >= 15 is 0 Å². The van der Waals surface area contributed by atoms with Gasteiger partial charge in [-0.1, -0.05) is 41.4 Å². The highest BCUT2D eigenvalue weighted by Crippen LogP contribution is 2.31. The first kappa shape index (κ1) is 16.5. The van der Waals surface area contributed by atoms with E-state index in [1.165, 1.54) is 11.1 Å². The van der Waals surface area contributed by atoms with Crippen molar-refractivity contribution in [3.63, 3.8) is 0 Å². The number of aromatic nitrogens is 2. The molecule has 0 saturated heterocycles. The van der Waals surface area contributed by atoms with E-state index < -0.39 is 5.60 Å². The molecule has 0 spiro atoms. The molecule has 3 rings (SSSR count). The van der Waals surface area contributed by atoms with Gasteiger partial charge in [0.1, 0.15) is 5.15 Å². The molecule has 1 aromatic heterocycles. The van der Waals surface area contributed by atoms with Crippen molar-refractivity contribution in [3.8, 4) is 0 Å². The van der Waals surface area contributed by atoms with Crippen LogP contribution in [0.5, 0.6) is 0 Å². The van der Waals surface area contributed by atoms with Crippen molar-refractivity contribution in [1.29, 1.82) is 0 Å². The molecular weight excluding hydrogens is 310 g/mol. The number of halogens is 1. The minimum atomic E-state index is -0.516. The fourth-order valence-electron chi connectivity index (χ4n) is 2.94. The molecule has 1 aliphatic carbocycles. The molecule has 1 fully saturated rings. The molecule has 0 bridgehead atoms. The SMILES string of the molecule is Cc1ccc(Cn2nc(C)c(CNCC3(O)CCC3)c2Cl)cc1. The Balaban J connectivity index is 1.65. The molecule has 0 aliphatic heterocycles. The van der Waals surface area contributed by atoms with Gasteiger partial charge in [-0.3, -0.25) is 0 Å². The molecule has 0 unspecified atom stereocenters. The van der Waals surface area contributed by atoms with Crippen molar-refractivity contribution in [3.05, 3.63) is 51.8 Å². The summed E-state index contributed by atoms with van der Waals surface area (Å²) < 4.78 is 1.84. The summed E-state index contributed by atoms with van der Waals surface area (Å²) in [5.41, 5.74) is 3.87. The Hall–Kier alpha value is -1.36. The standard InChI is InChI=1S/C18H24ClN3O/c1-13-4-6-15(7-5-13)11-22-17(19)16(14(2)21-22)10-20-12-18(23)8-3-9-18/h4-7,20,23H,3,8-12H2,1-2H3. The van der Waals surface area contributed by atoms with Crippen LogP contribution < -0.4 is 5.32 Å². The van der Waals surface area contributed by atoms with Crippen LogP contribution in [0.15, 0.2) is 24.3 Å². The summed E-state index contributed by atoms with van der Waals surface area (Å²) in [5, 5.41) is 18.7. The Kier molecular flexibility index (Phi) is 4.76. The van der Waals surface area contributed by atoms with Gasteiger partial charge in [-0.05, 0) is 38.7 Å². The van der Waals surface area contributed by atoms with E-state index in [2.05, 4.69) is 41.6 Å². The lowest BCUT2D eigenvalue weighted by Gasteiger charge is -2.36. The van der Waals surface area contributed by atoms with Gasteiger partial charge in [0.25, 0.3) is 0 Å². The number of rotatable bonds is 6. The first-order chi connectivity index (χ1) is 11.0. The number of nitrogens with zero attached hydrogens (tertiary/aromatic N) is 2. The zero-order valence-electron chi connectivity index (χ0n) is 13.8. The lowest BCUT2D eigenvalue weighted by Crippen LogP contribution is -2.46. The summed E-state index contributed by atoms with van der Waals surface area (Å²) >= 11 is 6.51. The maximum atomic E-state index is 10.1. The zero-order chi connectivity index (χ0) is 16.4. The van der Waals surface area contributed by atoms with Gasteiger partial charge in [-0.15, -0.1) is 0 Å². The van der Waals surface area contributed by atoms with Crippen LogP contribution in [0.1, 0.15) is 41.6 Å². The fraction of sp³-hybridized carbons (Fsp3) is 0.500. The van der Waals surface area contributed by atoms with Crippen molar-refractivity contribution in [2.75, 3.05) is 6.54 Å². The van der Waals surface area contributed by atoms with Crippen LogP contribution in [0.2, 0.25) is 5.15 Å². The maximum absolute atomic E-state index is 10.1. The predicted octanol–water partition coefficient (Wildman–Crippen LogP) is 3.21. The van der Waals surface area contributed by atoms with Gasteiger partial charge in [0, 0.05) is 18.7 Å². The van der Waals surface area contributed by atoms with Gasteiger partial charge in [0.05, 0.1) is 17.8 Å². The predicted molar refractivity (Wildman–Crippen MR) is 92.8 cm³/mol. The average Bonchev–Trinajstić information content (AvgIpc) is 2.75. The molecule has 0 amide bonds. The Bertz CT molecular complexity index is 674. The van der Waals surface area contributed by atoms with Crippen LogP contribution in [-0.4, -0.2) is 27.0 Å². The second-order valence-electron chi connectivity index (χ2n) is 6.68. The van der Waals surface area contributed by atoms with E-state index in [9.17, 15) is 5.11 Å². The first-order valence-corrected chi connectivity index (χ1v) is 8.55. The summed E-state index contributed by atoms with van der Waals surface area (Å²) in [4.78, 5) is 0. The highest BCUT2D eigenvalue weighted by Gasteiger charge is 2.33. The highest BCUT2D eigenvalue weighted by molar-refractivity contribution is 6.30. The van der Waals surface area contributed by atoms with E-state index in [0.717, 1.165) is 30.5 Å². The lowest BCUT2D eigenvalue weighted by molar-refractivity contribution is -0.0314. The molecule has 4 nitrogen and oxygen atoms in total. The smallest absolute Gasteiger partial charge is 0.132 e. The number of hydrogen-bond donors (Lipinski definition) is 2. The quantitative estimate of drug-likeness (QED) is 0.853. The van der Waals surface area contributed by atoms with Gasteiger partial charge >= 0.3 is 0 Å². The van der Waals surface area contributed by atoms with Gasteiger partial charge in [0.15, 0.2) is 0 Å². The van der Waals surface area contributed by atoms with Gasteiger partial charge in [-0.25, -0.2) is 4.68 Å². The molecule has 1 aromatic carbocycles. The zero-order valence-corrected chi connectivity index (χ0v) is 14.5. The fourth-order valence-corrected chi connectivity index (χ4v) is 3.25. The largest absolute Gasteiger partial charge is 0.389 e. The van der Waals surface area contributed by atoms with Crippen molar-refractivity contribution in [2.24, 2.45) is 0 Å². The highest BCUT2D eigenvalue weighted by atomic mass is 35.5. The van der Waals surface area contributed by atoms with E-state index in [4.69, 9.17) is 11.6 Å². The van der Waals surface area contributed by atoms with E-state index in [0.29, 0.717) is 24.8 Å². The number of hydrogen-bond acceptors (Lipinski definition) is 3. The summed E-state index contributed by atoms with van der Waals surface area (Å²) in [6.07, 6.45) is 2.89. The normalized spacial score (nSPS) is 16.3. The van der Waals surface area contributed by atoms with Crippen LogP contribution >= 0.6 is 11.6 Å². The molecule has 0 radical (unpaired) electrons. The Labute approximate surface area is 142 Å². The number of aliphatic hydroxyl groups is 1. The number of nitrogens with one attached hydrogen (secondary N) is 1. The van der Waals surface area contributed by atoms with Gasteiger partial charge in [0.2, 0.25) is 0 Å². The Morgan fingerprint density at radius 2 is 1.96 bits per heavy atom. The average molecular weight is 334 g/mol. The third kappa shape index (κ3) is 3.77. The molecule has 1 aliphatic rings. The maximum Gasteiger partial charge on any atom is 0.132 e. The summed E-state index contributed by atoms with van der Waals surface area (Å²) in [6, 6.07) is 8.40. The molecule has 2 N–H and O–H groups in total. The van der Waals surface area contributed by atoms with E-state index in [-0.39, 0.29) is 0 Å². The second-order valence-corrected chi connectivity index (χ2v) is 7.04. The van der Waals surface area contributed by atoms with Crippen molar-refractivity contribution in [2.45, 2.75) is 51.8 Å². The molecule has 5 heteroatoms. The molecular formula is C18H24ClN3O. The summed E-state index contributed by atoms with van der Waals surface area (Å²) in [5.74, 6) is 0. The van der Waals surface area contributed by atoms with Gasteiger partial charge < -0.3 is 10.4 Å². The topological polar surface area (TPSA) is 50.1 Å². The molecule has 1 saturated carbocycles. The molecule has 0 atom stereocenters. The summed E-state index contributed by atoms with van der Waals surface area (Å²) in [6.45, 7) is 5.98. The lowest BCUT2D eigenvalue weighted by atomic mass is 9.80. The van der Waals surface area contributed by atoms with Crippen molar-refractivity contribution >= 4 is 11.6 Å². The van der Waals surface area contributed by atoms with Gasteiger partial charge in [-0.2, -0.15) is 5.10 Å². The third-order valence-electron chi connectivity index (χ3n) is 4.68. The second kappa shape index (κ2) is 6.63. The molecule has 1 heterocycles. The van der Waals surface area contributed by atoms with Crippen LogP contribution in [0, 0.1) is 13.8 Å². The summed E-state index contributed by atoms with van der Waals surface area (Å²) in [7, 11) is 0. The molecule has 2 aromatic rings. The van der Waals surface area contributed by atoms with E-state index in [1.807, 2.05) is 11.6 Å². The number of aryl methyl sites for hydroxylation is 2. The minimum Gasteiger partial charge on any atom is -0.389 e.